The highest BCUT2D eigenvalue weighted by Crippen LogP contribution is 2.45. The number of aliphatic hydroxyl groups excluding tert-OH is 2. The van der Waals surface area contributed by atoms with E-state index >= 15 is 0 Å². The number of carbonyl (C=O) groups is 3. The second-order valence-electron chi connectivity index (χ2n) is 26.8. The van der Waals surface area contributed by atoms with Crippen LogP contribution in [-0.2, 0) is 55.8 Å². The highest BCUT2D eigenvalue weighted by atomic mass is 31.2. The molecule has 0 spiro atoms. The third-order valence-electron chi connectivity index (χ3n) is 16.8. The van der Waals surface area contributed by atoms with Crippen LogP contribution < -0.4 is 0 Å². The van der Waals surface area contributed by atoms with Crippen molar-refractivity contribution < 1.29 is 75.8 Å². The first-order chi connectivity index (χ1) is 50.2. The number of rotatable bonds is 76. The van der Waals surface area contributed by atoms with E-state index in [0.717, 1.165) is 148 Å². The molecule has 592 valence electrons. The predicted octanol–water partition coefficient (Wildman–Crippen LogP) is 23.9. The number of ether oxygens (including phenoxy) is 3. The summed E-state index contributed by atoms with van der Waals surface area (Å²) in [5, 5.41) is 20.6. The normalized spacial score (nSPS) is 14.7. The number of aliphatic hydroxyl groups is 2. The van der Waals surface area contributed by atoms with Crippen LogP contribution in [0.2, 0.25) is 0 Å². The lowest BCUT2D eigenvalue weighted by atomic mass is 10.0. The molecule has 0 heterocycles. The number of hydrogen-bond donors (Lipinski definition) is 4. The highest BCUT2D eigenvalue weighted by Gasteiger charge is 2.29. The lowest BCUT2D eigenvalue weighted by Crippen LogP contribution is -2.30. The van der Waals surface area contributed by atoms with Crippen LogP contribution in [-0.4, -0.2) is 95.9 Å². The van der Waals surface area contributed by atoms with Crippen LogP contribution in [0.1, 0.15) is 329 Å². The van der Waals surface area contributed by atoms with Gasteiger partial charge < -0.3 is 34.2 Å². The lowest BCUT2D eigenvalue weighted by Gasteiger charge is -2.21. The summed E-state index contributed by atoms with van der Waals surface area (Å²) in [6, 6.07) is 0. The summed E-state index contributed by atoms with van der Waals surface area (Å²) < 4.78 is 61.0. The number of hydrogen-bond acceptors (Lipinski definition) is 14. The number of esters is 3. The maximum Gasteiger partial charge on any atom is 0.472 e. The Labute approximate surface area is 626 Å². The van der Waals surface area contributed by atoms with Gasteiger partial charge in [-0.15, -0.1) is 0 Å². The maximum absolute atomic E-state index is 12.9. The fourth-order valence-electron chi connectivity index (χ4n) is 10.7. The van der Waals surface area contributed by atoms with Gasteiger partial charge in [-0.05, 0) is 135 Å². The Kier molecular flexibility index (Phi) is 74.1. The average Bonchev–Trinajstić information content (AvgIpc) is 0.913. The van der Waals surface area contributed by atoms with Crippen LogP contribution in [0.5, 0.6) is 0 Å². The van der Waals surface area contributed by atoms with Gasteiger partial charge in [-0.2, -0.15) is 0 Å². The first kappa shape index (κ1) is 98.7. The molecule has 0 aliphatic rings. The van der Waals surface area contributed by atoms with Gasteiger partial charge in [-0.25, -0.2) is 9.13 Å². The van der Waals surface area contributed by atoms with Crippen molar-refractivity contribution >= 4 is 33.6 Å². The Morgan fingerprint density at radius 2 is 0.524 bits per heavy atom. The number of unbranched alkanes of at least 4 members (excludes halogenated alkanes) is 31. The molecule has 0 amide bonds. The first-order valence-electron chi connectivity index (χ1n) is 40.5. The van der Waals surface area contributed by atoms with Crippen LogP contribution in [0.25, 0.3) is 0 Å². The first-order valence-corrected chi connectivity index (χ1v) is 43.5. The third-order valence-corrected chi connectivity index (χ3v) is 18.7. The molecule has 5 atom stereocenters. The van der Waals surface area contributed by atoms with Crippen molar-refractivity contribution in [3.63, 3.8) is 0 Å². The van der Waals surface area contributed by atoms with Gasteiger partial charge in [0.25, 0.3) is 0 Å². The molecular formula is C85H146O16P2. The molecule has 0 saturated heterocycles. The van der Waals surface area contributed by atoms with Crippen molar-refractivity contribution in [1.82, 2.24) is 0 Å². The second kappa shape index (κ2) is 77.3. The topological polar surface area (TPSA) is 231 Å². The zero-order chi connectivity index (χ0) is 75.2. The van der Waals surface area contributed by atoms with E-state index in [0.29, 0.717) is 19.3 Å². The summed E-state index contributed by atoms with van der Waals surface area (Å²) in [5.41, 5.74) is 0. The van der Waals surface area contributed by atoms with Crippen molar-refractivity contribution in [3.8, 4) is 0 Å². The Morgan fingerprint density at radius 1 is 0.282 bits per heavy atom. The van der Waals surface area contributed by atoms with Crippen molar-refractivity contribution in [2.75, 3.05) is 39.6 Å². The third kappa shape index (κ3) is 78.6. The summed E-state index contributed by atoms with van der Waals surface area (Å²) in [4.78, 5) is 58.5. The quantitative estimate of drug-likeness (QED) is 0.0146. The molecule has 0 aromatic rings. The molecule has 18 heteroatoms. The smallest absolute Gasteiger partial charge is 0.463 e. The van der Waals surface area contributed by atoms with E-state index in [1.807, 2.05) is 0 Å². The zero-order valence-corrected chi connectivity index (χ0v) is 66.5. The van der Waals surface area contributed by atoms with Crippen molar-refractivity contribution in [2.45, 2.75) is 347 Å². The van der Waals surface area contributed by atoms with Gasteiger partial charge in [0.1, 0.15) is 25.4 Å². The molecule has 0 aromatic heterocycles. The molecule has 5 unspecified atom stereocenters. The molecule has 0 aliphatic carbocycles. The van der Waals surface area contributed by atoms with Crippen LogP contribution in [0.3, 0.4) is 0 Å². The summed E-state index contributed by atoms with van der Waals surface area (Å²) in [7, 11) is -9.79. The molecular weight excluding hydrogens is 1340 g/mol. The van der Waals surface area contributed by atoms with Crippen LogP contribution in [0.15, 0.2) is 134 Å². The summed E-state index contributed by atoms with van der Waals surface area (Å²) in [6.45, 7) is 2.47. The number of allylic oxidation sites excluding steroid dienone is 22. The van der Waals surface area contributed by atoms with E-state index in [2.05, 4.69) is 154 Å². The molecule has 0 rings (SSSR count). The maximum atomic E-state index is 12.9. The second-order valence-corrected chi connectivity index (χ2v) is 29.7. The lowest BCUT2D eigenvalue weighted by molar-refractivity contribution is -0.161. The fourth-order valence-corrected chi connectivity index (χ4v) is 12.2. The molecule has 0 saturated carbocycles. The molecule has 4 N–H and O–H groups in total. The molecule has 0 aromatic carbocycles. The van der Waals surface area contributed by atoms with E-state index in [1.165, 1.54) is 122 Å². The minimum absolute atomic E-state index is 0.0883. The van der Waals surface area contributed by atoms with Crippen molar-refractivity contribution in [1.29, 1.82) is 0 Å². The Bertz CT molecular complexity index is 2410. The van der Waals surface area contributed by atoms with Crippen molar-refractivity contribution in [3.05, 3.63) is 134 Å². The van der Waals surface area contributed by atoms with Gasteiger partial charge in [-0.3, -0.25) is 32.5 Å². The van der Waals surface area contributed by atoms with Crippen molar-refractivity contribution in [2.24, 2.45) is 0 Å². The Morgan fingerprint density at radius 3 is 0.854 bits per heavy atom. The number of carbonyl (C=O) groups excluding carboxylic acids is 3. The zero-order valence-electron chi connectivity index (χ0n) is 64.7. The van der Waals surface area contributed by atoms with E-state index in [1.54, 1.807) is 0 Å². The fraction of sp³-hybridized carbons (Fsp3) is 0.706. The van der Waals surface area contributed by atoms with Gasteiger partial charge in [-0.1, -0.05) is 309 Å². The molecule has 0 bridgehead atoms. The SMILES string of the molecule is CC/C=C\C/C=C\C/C=C\C/C=C\C/C=C\C/C=C\CCCCCCCCCCCCCCCCCCC(=O)OCC(O)COP(=O)(O)OCC(O)COP(=O)(O)OCC(COC(=O)CCCCCCC/C=C\C/C=C\C/C=C\C/C=C\CCCCC)OC(=O)CCCCCCC/C=C\CCCC. The molecule has 16 nitrogen and oxygen atoms in total. The van der Waals surface area contributed by atoms with E-state index in [4.69, 9.17) is 32.3 Å². The average molecular weight is 1490 g/mol. The molecule has 0 radical (unpaired) electrons. The van der Waals surface area contributed by atoms with Gasteiger partial charge >= 0.3 is 33.6 Å². The predicted molar refractivity (Wildman–Crippen MR) is 426 cm³/mol. The highest BCUT2D eigenvalue weighted by molar-refractivity contribution is 7.47. The molecule has 103 heavy (non-hydrogen) atoms. The van der Waals surface area contributed by atoms with Gasteiger partial charge in [0, 0.05) is 19.3 Å². The van der Waals surface area contributed by atoms with Gasteiger partial charge in [0.05, 0.1) is 26.4 Å². The minimum atomic E-state index is -4.93. The standard InChI is InChI=1S/C85H146O16P2/c1-4-7-10-13-16-19-22-24-26-28-30-32-33-34-35-36-37-38-39-40-41-42-43-44-45-47-49-50-52-54-57-59-62-65-68-71-83(88)95-74-80(86)75-97-102(91,92)98-76-81(87)77-99-103(93,94)100-79-82(101-85(90)73-70-67-64-61-56-21-18-15-12-9-6-3)78-96-84(89)72-69-66-63-60-58-55-53-51-48-46-31-29-27-25-23-20-17-14-11-8-5-2/h7,10,15-20,24-27,30-32,34-35,37-38,46,51,53,80-82,86-87H,4-6,8-9,11-14,21-23,28-29,33,36,39-45,47-50,52,54-79H2,1-3H3,(H,91,92)(H,93,94)/b10-7-,18-15-,19-16-,20-17-,26-24-,27-25-,32-30-,35-34-,38-37-,46-31-,53-51-. The van der Waals surface area contributed by atoms with Crippen LogP contribution in [0.4, 0.5) is 0 Å². The van der Waals surface area contributed by atoms with E-state index in [-0.39, 0.29) is 19.3 Å². The largest absolute Gasteiger partial charge is 0.472 e. The number of phosphoric ester groups is 2. The summed E-state index contributed by atoms with van der Waals surface area (Å²) in [6.07, 6.45) is 93.9. The Balaban J connectivity index is 4.36. The molecule has 0 fully saturated rings. The van der Waals surface area contributed by atoms with E-state index in [9.17, 15) is 43.5 Å². The summed E-state index contributed by atoms with van der Waals surface area (Å²) in [5.74, 6) is -1.60. The van der Waals surface area contributed by atoms with Gasteiger partial charge in [0.2, 0.25) is 0 Å². The number of phosphoric acid groups is 2. The van der Waals surface area contributed by atoms with Crippen LogP contribution >= 0.6 is 15.6 Å². The molecule has 0 aliphatic heterocycles. The minimum Gasteiger partial charge on any atom is -0.463 e. The monoisotopic (exact) mass is 1490 g/mol. The Hall–Kier alpha value is -4.31. The van der Waals surface area contributed by atoms with Gasteiger partial charge in [0.15, 0.2) is 6.10 Å². The van der Waals surface area contributed by atoms with Crippen LogP contribution in [0, 0.1) is 0 Å². The van der Waals surface area contributed by atoms with E-state index < -0.39 is 91.5 Å². The summed E-state index contributed by atoms with van der Waals surface area (Å²) >= 11 is 0.